The first-order valence-corrected chi connectivity index (χ1v) is 6.83. The Bertz CT molecular complexity index is 163. The standard InChI is InChI=1S/C13H29N3/c1-4-9-16-11-6-13(7-12-16)14-8-5-10-15(2)3/h13-14H,4-12H2,1-3H3. The SMILES string of the molecule is CCCN1CCC(NCCCN(C)C)CC1. The van der Waals surface area contributed by atoms with Gasteiger partial charge >= 0.3 is 0 Å². The van der Waals surface area contributed by atoms with Crippen LogP contribution >= 0.6 is 0 Å². The lowest BCUT2D eigenvalue weighted by atomic mass is 10.0. The van der Waals surface area contributed by atoms with Crippen LogP contribution in [0.3, 0.4) is 0 Å². The maximum absolute atomic E-state index is 3.69. The van der Waals surface area contributed by atoms with Crippen LogP contribution in [0, 0.1) is 0 Å². The second kappa shape index (κ2) is 8.04. The molecule has 0 spiro atoms. The van der Waals surface area contributed by atoms with Gasteiger partial charge in [0.15, 0.2) is 0 Å². The highest BCUT2D eigenvalue weighted by molar-refractivity contribution is 4.76. The van der Waals surface area contributed by atoms with E-state index >= 15 is 0 Å². The van der Waals surface area contributed by atoms with Crippen molar-refractivity contribution in [1.82, 2.24) is 15.1 Å². The first kappa shape index (κ1) is 13.9. The highest BCUT2D eigenvalue weighted by Crippen LogP contribution is 2.10. The number of piperidine rings is 1. The fraction of sp³-hybridized carbons (Fsp3) is 1.00. The van der Waals surface area contributed by atoms with Gasteiger partial charge in [-0.25, -0.2) is 0 Å². The summed E-state index contributed by atoms with van der Waals surface area (Å²) in [5, 5.41) is 3.69. The van der Waals surface area contributed by atoms with E-state index in [9.17, 15) is 0 Å². The Morgan fingerprint density at radius 3 is 2.50 bits per heavy atom. The first-order chi connectivity index (χ1) is 7.72. The van der Waals surface area contributed by atoms with Crippen molar-refractivity contribution in [3.8, 4) is 0 Å². The lowest BCUT2D eigenvalue weighted by molar-refractivity contribution is 0.197. The molecule has 0 bridgehead atoms. The van der Waals surface area contributed by atoms with Crippen molar-refractivity contribution in [2.75, 3.05) is 46.8 Å². The van der Waals surface area contributed by atoms with Crippen LogP contribution in [-0.2, 0) is 0 Å². The smallest absolute Gasteiger partial charge is 0.00914 e. The molecular formula is C13H29N3. The van der Waals surface area contributed by atoms with Gasteiger partial charge in [0.05, 0.1) is 0 Å². The van der Waals surface area contributed by atoms with Gasteiger partial charge in [-0.1, -0.05) is 6.92 Å². The Kier molecular flexibility index (Phi) is 7.01. The van der Waals surface area contributed by atoms with E-state index in [1.807, 2.05) is 0 Å². The van der Waals surface area contributed by atoms with Crippen molar-refractivity contribution in [1.29, 1.82) is 0 Å². The average Bonchev–Trinajstić information content (AvgIpc) is 2.27. The van der Waals surface area contributed by atoms with Crippen LogP contribution in [0.2, 0.25) is 0 Å². The summed E-state index contributed by atoms with van der Waals surface area (Å²) in [7, 11) is 4.28. The molecule has 96 valence electrons. The van der Waals surface area contributed by atoms with Crippen molar-refractivity contribution >= 4 is 0 Å². The fourth-order valence-corrected chi connectivity index (χ4v) is 2.38. The van der Waals surface area contributed by atoms with E-state index in [2.05, 4.69) is 36.1 Å². The van der Waals surface area contributed by atoms with E-state index in [-0.39, 0.29) is 0 Å². The Morgan fingerprint density at radius 1 is 1.25 bits per heavy atom. The quantitative estimate of drug-likeness (QED) is 0.663. The maximum atomic E-state index is 3.69. The average molecular weight is 227 g/mol. The monoisotopic (exact) mass is 227 g/mol. The number of likely N-dealkylation sites (tertiary alicyclic amines) is 1. The molecule has 1 N–H and O–H groups in total. The van der Waals surface area contributed by atoms with E-state index in [0.29, 0.717) is 0 Å². The second-order valence-electron chi connectivity index (χ2n) is 5.23. The normalized spacial score (nSPS) is 19.5. The molecule has 0 aliphatic carbocycles. The number of nitrogens with one attached hydrogen (secondary N) is 1. The molecule has 0 aromatic heterocycles. The molecule has 1 aliphatic rings. The summed E-state index contributed by atoms with van der Waals surface area (Å²) in [5.74, 6) is 0. The fourth-order valence-electron chi connectivity index (χ4n) is 2.38. The molecule has 1 aliphatic heterocycles. The molecule has 0 radical (unpaired) electrons. The van der Waals surface area contributed by atoms with E-state index < -0.39 is 0 Å². The largest absolute Gasteiger partial charge is 0.314 e. The zero-order valence-corrected chi connectivity index (χ0v) is 11.3. The van der Waals surface area contributed by atoms with Crippen LogP contribution in [-0.4, -0.2) is 62.7 Å². The van der Waals surface area contributed by atoms with Gasteiger partial charge in [0.25, 0.3) is 0 Å². The van der Waals surface area contributed by atoms with Gasteiger partial charge in [0.2, 0.25) is 0 Å². The summed E-state index contributed by atoms with van der Waals surface area (Å²) < 4.78 is 0. The Hall–Kier alpha value is -0.120. The Labute approximate surface area is 101 Å². The topological polar surface area (TPSA) is 18.5 Å². The molecular weight excluding hydrogens is 198 g/mol. The van der Waals surface area contributed by atoms with Gasteiger partial charge in [0.1, 0.15) is 0 Å². The van der Waals surface area contributed by atoms with Crippen molar-refractivity contribution in [3.05, 3.63) is 0 Å². The highest BCUT2D eigenvalue weighted by Gasteiger charge is 2.17. The minimum Gasteiger partial charge on any atom is -0.314 e. The van der Waals surface area contributed by atoms with E-state index in [0.717, 1.165) is 6.04 Å². The summed E-state index contributed by atoms with van der Waals surface area (Å²) in [6, 6.07) is 0.773. The lowest BCUT2D eigenvalue weighted by Crippen LogP contribution is -2.43. The molecule has 0 atom stereocenters. The van der Waals surface area contributed by atoms with Crippen molar-refractivity contribution < 1.29 is 0 Å². The molecule has 0 aromatic carbocycles. The van der Waals surface area contributed by atoms with Gasteiger partial charge < -0.3 is 15.1 Å². The van der Waals surface area contributed by atoms with Gasteiger partial charge in [-0.3, -0.25) is 0 Å². The predicted molar refractivity (Wildman–Crippen MR) is 70.9 cm³/mol. The van der Waals surface area contributed by atoms with Crippen LogP contribution in [0.4, 0.5) is 0 Å². The number of hydrogen-bond donors (Lipinski definition) is 1. The predicted octanol–water partition coefficient (Wildman–Crippen LogP) is 1.40. The number of nitrogens with zero attached hydrogens (tertiary/aromatic N) is 2. The minimum atomic E-state index is 0.773. The molecule has 1 saturated heterocycles. The number of rotatable bonds is 7. The zero-order chi connectivity index (χ0) is 11.8. The summed E-state index contributed by atoms with van der Waals surface area (Å²) in [5.41, 5.74) is 0. The summed E-state index contributed by atoms with van der Waals surface area (Å²) in [6.45, 7) is 8.51. The lowest BCUT2D eigenvalue weighted by Gasteiger charge is -2.32. The van der Waals surface area contributed by atoms with E-state index in [1.54, 1.807) is 0 Å². The van der Waals surface area contributed by atoms with Crippen molar-refractivity contribution in [3.63, 3.8) is 0 Å². The summed E-state index contributed by atoms with van der Waals surface area (Å²) in [6.07, 6.45) is 5.23. The van der Waals surface area contributed by atoms with Crippen LogP contribution in [0.25, 0.3) is 0 Å². The molecule has 3 heteroatoms. The van der Waals surface area contributed by atoms with Crippen LogP contribution < -0.4 is 5.32 Å². The third-order valence-electron chi connectivity index (χ3n) is 3.34. The molecule has 0 saturated carbocycles. The van der Waals surface area contributed by atoms with Gasteiger partial charge in [-0.2, -0.15) is 0 Å². The third-order valence-corrected chi connectivity index (χ3v) is 3.34. The molecule has 0 amide bonds. The van der Waals surface area contributed by atoms with Gasteiger partial charge in [-0.05, 0) is 72.5 Å². The van der Waals surface area contributed by atoms with E-state index in [4.69, 9.17) is 0 Å². The highest BCUT2D eigenvalue weighted by atomic mass is 15.1. The molecule has 1 rings (SSSR count). The maximum Gasteiger partial charge on any atom is 0.00914 e. The summed E-state index contributed by atoms with van der Waals surface area (Å²) in [4.78, 5) is 4.85. The van der Waals surface area contributed by atoms with Gasteiger partial charge in [0, 0.05) is 6.04 Å². The third kappa shape index (κ3) is 5.83. The zero-order valence-electron chi connectivity index (χ0n) is 11.3. The summed E-state index contributed by atoms with van der Waals surface area (Å²) >= 11 is 0. The van der Waals surface area contributed by atoms with Crippen molar-refractivity contribution in [2.45, 2.75) is 38.6 Å². The molecule has 16 heavy (non-hydrogen) atoms. The Morgan fingerprint density at radius 2 is 1.94 bits per heavy atom. The second-order valence-corrected chi connectivity index (χ2v) is 5.23. The molecule has 3 nitrogen and oxygen atoms in total. The number of hydrogen-bond acceptors (Lipinski definition) is 3. The first-order valence-electron chi connectivity index (χ1n) is 6.83. The van der Waals surface area contributed by atoms with Crippen molar-refractivity contribution in [2.24, 2.45) is 0 Å². The van der Waals surface area contributed by atoms with Crippen LogP contribution in [0.1, 0.15) is 32.6 Å². The Balaban J connectivity index is 1.99. The minimum absolute atomic E-state index is 0.773. The van der Waals surface area contributed by atoms with Crippen LogP contribution in [0.5, 0.6) is 0 Å². The molecule has 1 heterocycles. The van der Waals surface area contributed by atoms with E-state index in [1.165, 1.54) is 58.4 Å². The molecule has 0 aromatic rings. The van der Waals surface area contributed by atoms with Gasteiger partial charge in [-0.15, -0.1) is 0 Å². The molecule has 0 unspecified atom stereocenters. The van der Waals surface area contributed by atoms with Crippen LogP contribution in [0.15, 0.2) is 0 Å². The molecule has 1 fully saturated rings.